The molecule has 3 aromatic rings. The van der Waals surface area contributed by atoms with E-state index in [4.69, 9.17) is 4.74 Å². The summed E-state index contributed by atoms with van der Waals surface area (Å²) >= 11 is 0. The van der Waals surface area contributed by atoms with Gasteiger partial charge < -0.3 is 14.7 Å². The molecular weight excluding hydrogens is 590 g/mol. The molecule has 1 aliphatic carbocycles. The lowest BCUT2D eigenvalue weighted by atomic mass is 9.81. The van der Waals surface area contributed by atoms with Gasteiger partial charge in [0.1, 0.15) is 5.82 Å². The maximum atomic E-state index is 14.3. The molecule has 0 bridgehead atoms. The molecule has 9 nitrogen and oxygen atoms in total. The molecule has 248 valence electrons. The molecule has 2 aliphatic rings. The molecular formula is C38H47N5O4. The van der Waals surface area contributed by atoms with Crippen molar-refractivity contribution in [1.29, 1.82) is 5.26 Å². The van der Waals surface area contributed by atoms with Crippen LogP contribution in [0.25, 0.3) is 0 Å². The van der Waals surface area contributed by atoms with Crippen molar-refractivity contribution in [3.63, 3.8) is 0 Å². The van der Waals surface area contributed by atoms with Gasteiger partial charge in [0.2, 0.25) is 5.88 Å². The molecule has 2 unspecified atom stereocenters. The van der Waals surface area contributed by atoms with Gasteiger partial charge in [-0.1, -0.05) is 33.8 Å². The van der Waals surface area contributed by atoms with Crippen LogP contribution in [0.5, 0.6) is 5.88 Å². The smallest absolute Gasteiger partial charge is 0.307 e. The van der Waals surface area contributed by atoms with Crippen LogP contribution < -0.4 is 14.5 Å². The number of rotatable bonds is 12. The number of piperidine rings is 1. The number of ether oxygens (including phenoxy) is 1. The highest BCUT2D eigenvalue weighted by Gasteiger charge is 2.40. The predicted octanol–water partition coefficient (Wildman–Crippen LogP) is 7.25. The number of carboxylic acid groups (broad SMARTS) is 1. The van der Waals surface area contributed by atoms with E-state index >= 15 is 0 Å². The third-order valence-electron chi connectivity index (χ3n) is 9.27. The van der Waals surface area contributed by atoms with Gasteiger partial charge in [0, 0.05) is 43.5 Å². The Hall–Kier alpha value is -4.45. The van der Waals surface area contributed by atoms with Gasteiger partial charge in [-0.15, -0.1) is 0 Å². The summed E-state index contributed by atoms with van der Waals surface area (Å²) in [5.41, 5.74) is 3.52. The molecule has 2 atom stereocenters. The molecule has 1 aliphatic heterocycles. The van der Waals surface area contributed by atoms with Crippen molar-refractivity contribution in [3.8, 4) is 11.9 Å². The first kappa shape index (κ1) is 33.9. The number of anilines is 2. The first-order valence-corrected chi connectivity index (χ1v) is 16.8. The van der Waals surface area contributed by atoms with Crippen LogP contribution in [0, 0.1) is 41.4 Å². The van der Waals surface area contributed by atoms with E-state index < -0.39 is 11.9 Å². The van der Waals surface area contributed by atoms with Crippen LogP contribution in [-0.2, 0) is 4.79 Å². The summed E-state index contributed by atoms with van der Waals surface area (Å²) in [5, 5.41) is 19.6. The minimum Gasteiger partial charge on any atom is -0.481 e. The number of carbonyl (C=O) groups is 2. The fraction of sp³-hybridized carbons (Fsp3) is 0.500. The zero-order chi connectivity index (χ0) is 33.7. The molecule has 0 radical (unpaired) electrons. The number of aromatic nitrogens is 2. The van der Waals surface area contributed by atoms with E-state index in [0.29, 0.717) is 54.2 Å². The molecule has 1 aromatic carbocycles. The average Bonchev–Trinajstić information content (AvgIpc) is 3.89. The Balaban J connectivity index is 1.28. The van der Waals surface area contributed by atoms with Crippen LogP contribution in [0.2, 0.25) is 0 Å². The fourth-order valence-corrected chi connectivity index (χ4v) is 6.72. The van der Waals surface area contributed by atoms with Crippen LogP contribution >= 0.6 is 0 Å². The van der Waals surface area contributed by atoms with Crippen LogP contribution in [0.1, 0.15) is 92.9 Å². The summed E-state index contributed by atoms with van der Waals surface area (Å²) in [5.74, 6) is 0.548. The Morgan fingerprint density at radius 1 is 1.11 bits per heavy atom. The highest BCUT2D eigenvalue weighted by atomic mass is 16.5. The summed E-state index contributed by atoms with van der Waals surface area (Å²) in [4.78, 5) is 39.3. The lowest BCUT2D eigenvalue weighted by Crippen LogP contribution is -2.41. The zero-order valence-corrected chi connectivity index (χ0v) is 28.3. The van der Waals surface area contributed by atoms with Crippen LogP contribution in [0.15, 0.2) is 54.7 Å². The molecule has 1 N–H and O–H groups in total. The number of amides is 1. The highest BCUT2D eigenvalue weighted by molar-refractivity contribution is 6.09. The first-order chi connectivity index (χ1) is 22.5. The minimum atomic E-state index is -0.741. The van der Waals surface area contributed by atoms with E-state index in [0.717, 1.165) is 55.7 Å². The van der Waals surface area contributed by atoms with E-state index in [2.05, 4.69) is 41.7 Å². The number of pyridine rings is 2. The number of nitriles is 1. The quantitative estimate of drug-likeness (QED) is 0.221. The van der Waals surface area contributed by atoms with E-state index in [9.17, 15) is 20.0 Å². The molecule has 1 saturated heterocycles. The second kappa shape index (κ2) is 14.5. The second-order valence-corrected chi connectivity index (χ2v) is 14.3. The number of aryl methyl sites for hydroxylation is 1. The highest BCUT2D eigenvalue weighted by Crippen LogP contribution is 2.48. The van der Waals surface area contributed by atoms with Crippen LogP contribution in [0.4, 0.5) is 11.5 Å². The number of carbonyl (C=O) groups excluding carboxylic acids is 1. The summed E-state index contributed by atoms with van der Waals surface area (Å²) in [6.07, 6.45) is 6.16. The predicted molar refractivity (Wildman–Crippen MR) is 183 cm³/mol. The van der Waals surface area contributed by atoms with Crippen molar-refractivity contribution in [1.82, 2.24) is 9.97 Å². The van der Waals surface area contributed by atoms with Gasteiger partial charge in [-0.3, -0.25) is 14.5 Å². The van der Waals surface area contributed by atoms with Crippen molar-refractivity contribution >= 4 is 23.4 Å². The maximum absolute atomic E-state index is 14.3. The Kier molecular flexibility index (Phi) is 10.5. The van der Waals surface area contributed by atoms with Gasteiger partial charge >= 0.3 is 5.97 Å². The van der Waals surface area contributed by atoms with Gasteiger partial charge in [-0.25, -0.2) is 9.97 Å². The Morgan fingerprint density at radius 3 is 2.47 bits per heavy atom. The van der Waals surface area contributed by atoms with E-state index in [-0.39, 0.29) is 17.2 Å². The van der Waals surface area contributed by atoms with Gasteiger partial charge in [0.05, 0.1) is 35.4 Å². The average molecular weight is 638 g/mol. The van der Waals surface area contributed by atoms with Crippen molar-refractivity contribution in [2.45, 2.75) is 72.6 Å². The van der Waals surface area contributed by atoms with E-state index in [1.165, 1.54) is 0 Å². The van der Waals surface area contributed by atoms with E-state index in [1.54, 1.807) is 23.2 Å². The molecule has 2 fully saturated rings. The minimum absolute atomic E-state index is 0.0202. The summed E-state index contributed by atoms with van der Waals surface area (Å²) in [7, 11) is 0. The summed E-state index contributed by atoms with van der Waals surface area (Å²) < 4.78 is 6.20. The maximum Gasteiger partial charge on any atom is 0.307 e. The Bertz CT molecular complexity index is 1610. The third kappa shape index (κ3) is 8.48. The lowest BCUT2D eigenvalue weighted by molar-refractivity contribution is -0.142. The number of carboxylic acids is 1. The van der Waals surface area contributed by atoms with Gasteiger partial charge in [-0.05, 0) is 98.2 Å². The fourth-order valence-electron chi connectivity index (χ4n) is 6.72. The number of nitrogens with zero attached hydrogens (tertiary/aromatic N) is 5. The van der Waals surface area contributed by atoms with Gasteiger partial charge in [0.25, 0.3) is 5.91 Å². The van der Waals surface area contributed by atoms with Crippen molar-refractivity contribution in [2.75, 3.05) is 36.0 Å². The van der Waals surface area contributed by atoms with Crippen molar-refractivity contribution in [3.05, 3.63) is 77.1 Å². The third-order valence-corrected chi connectivity index (χ3v) is 9.27. The Morgan fingerprint density at radius 2 is 1.85 bits per heavy atom. The number of aliphatic carboxylic acids is 1. The van der Waals surface area contributed by atoms with Crippen LogP contribution in [0.3, 0.4) is 0 Å². The standard InChI is InChI=1S/C38H47N5O4/c1-6-30(37(45)46)35(28-11-12-28)29-14-17-40-34(21-29)47-23-26-15-18-42(19-16-26)32-20-27(22-39)10-13-31(32)36(44)43(24-38(3,4)5)33-9-7-8-25(2)41-33/h7-10,13-14,17,20-21,26,28,30,35H,6,11-12,15-16,18-19,23-24H2,1-5H3,(H,45,46). The summed E-state index contributed by atoms with van der Waals surface area (Å²) in [6, 6.07) is 17.1. The number of hydrogen-bond donors (Lipinski definition) is 1. The lowest BCUT2D eigenvalue weighted by Gasteiger charge is -2.36. The van der Waals surface area contributed by atoms with E-state index in [1.807, 2.05) is 50.2 Å². The monoisotopic (exact) mass is 637 g/mol. The first-order valence-electron chi connectivity index (χ1n) is 16.8. The molecule has 5 rings (SSSR count). The largest absolute Gasteiger partial charge is 0.481 e. The number of hydrogen-bond acceptors (Lipinski definition) is 7. The molecule has 3 heterocycles. The molecule has 0 spiro atoms. The van der Waals surface area contributed by atoms with Crippen molar-refractivity contribution in [2.24, 2.45) is 23.2 Å². The second-order valence-electron chi connectivity index (χ2n) is 14.3. The van der Waals surface area contributed by atoms with Crippen molar-refractivity contribution < 1.29 is 19.4 Å². The van der Waals surface area contributed by atoms with Gasteiger partial charge in [-0.2, -0.15) is 5.26 Å². The van der Waals surface area contributed by atoms with Gasteiger partial charge in [0.15, 0.2) is 0 Å². The molecule has 9 heteroatoms. The molecule has 1 saturated carbocycles. The normalized spacial score (nSPS) is 16.6. The summed E-state index contributed by atoms with van der Waals surface area (Å²) in [6.45, 7) is 12.6. The zero-order valence-electron chi connectivity index (χ0n) is 28.3. The SMILES string of the molecule is CCC(C(=O)O)C(c1ccnc(OCC2CCN(c3cc(C#N)ccc3C(=O)N(CC(C)(C)C)c3cccc(C)n3)CC2)c1)C1CC1. The molecule has 2 aromatic heterocycles. The van der Waals surface area contributed by atoms with Crippen LogP contribution in [-0.4, -0.2) is 53.2 Å². The molecule has 47 heavy (non-hydrogen) atoms. The topological polar surface area (TPSA) is 120 Å². The number of benzene rings is 1. The Labute approximate surface area is 278 Å². The molecule has 1 amide bonds.